The lowest BCUT2D eigenvalue weighted by atomic mass is 9.68. The van der Waals surface area contributed by atoms with Crippen LogP contribution in [0.15, 0.2) is 0 Å². The highest BCUT2D eigenvalue weighted by Gasteiger charge is 2.52. The van der Waals surface area contributed by atoms with Crippen molar-refractivity contribution in [1.29, 1.82) is 0 Å². The molecule has 4 heteroatoms. The highest BCUT2D eigenvalue weighted by molar-refractivity contribution is 5.82. The molecule has 1 saturated heterocycles. The summed E-state index contributed by atoms with van der Waals surface area (Å²) in [6.45, 7) is 2.94. The Morgan fingerprint density at radius 3 is 2.94 bits per heavy atom. The fourth-order valence-electron chi connectivity index (χ4n) is 3.08. The third kappa shape index (κ3) is 1.55. The lowest BCUT2D eigenvalue weighted by Gasteiger charge is -2.52. The van der Waals surface area contributed by atoms with E-state index >= 15 is 0 Å². The zero-order valence-electron chi connectivity index (χ0n) is 9.69. The van der Waals surface area contributed by atoms with Crippen molar-refractivity contribution in [2.24, 2.45) is 23.5 Å². The number of fused-ring (bicyclic) bond motifs is 1. The van der Waals surface area contributed by atoms with Gasteiger partial charge in [0.2, 0.25) is 5.91 Å². The SMILES string of the molecule is CC1CC1C(=O)NC1C(N)C2CCCOC21. The Hall–Kier alpha value is -0.610. The van der Waals surface area contributed by atoms with E-state index in [2.05, 4.69) is 12.2 Å². The summed E-state index contributed by atoms with van der Waals surface area (Å²) in [4.78, 5) is 11.8. The number of hydrogen-bond donors (Lipinski definition) is 2. The second-order valence-corrected chi connectivity index (χ2v) is 5.57. The molecule has 4 nitrogen and oxygen atoms in total. The molecule has 3 aliphatic rings. The quantitative estimate of drug-likeness (QED) is 0.707. The predicted octanol–water partition coefficient (Wildman–Crippen LogP) is 0.263. The smallest absolute Gasteiger partial charge is 0.223 e. The molecular formula is C12H20N2O2. The van der Waals surface area contributed by atoms with Crippen LogP contribution in [0.4, 0.5) is 0 Å². The third-order valence-electron chi connectivity index (χ3n) is 4.43. The minimum Gasteiger partial charge on any atom is -0.376 e. The van der Waals surface area contributed by atoms with Crippen molar-refractivity contribution in [2.75, 3.05) is 6.61 Å². The van der Waals surface area contributed by atoms with Crippen molar-refractivity contribution < 1.29 is 9.53 Å². The summed E-state index contributed by atoms with van der Waals surface area (Å²) < 4.78 is 5.69. The van der Waals surface area contributed by atoms with E-state index in [-0.39, 0.29) is 30.0 Å². The number of hydrogen-bond acceptors (Lipinski definition) is 3. The van der Waals surface area contributed by atoms with Crippen molar-refractivity contribution in [1.82, 2.24) is 5.32 Å². The molecule has 0 radical (unpaired) electrons. The van der Waals surface area contributed by atoms with Gasteiger partial charge in [-0.1, -0.05) is 6.92 Å². The Kier molecular flexibility index (Phi) is 2.44. The number of nitrogens with two attached hydrogens (primary N) is 1. The Morgan fingerprint density at radius 2 is 2.25 bits per heavy atom. The highest BCUT2D eigenvalue weighted by atomic mass is 16.5. The van der Waals surface area contributed by atoms with E-state index in [1.807, 2.05) is 0 Å². The second kappa shape index (κ2) is 3.70. The number of carbonyl (C=O) groups excluding carboxylic acids is 1. The molecule has 2 aliphatic carbocycles. The topological polar surface area (TPSA) is 64.4 Å². The first-order chi connectivity index (χ1) is 7.68. The standard InChI is InChI=1S/C12H20N2O2/c1-6-5-8(6)12(15)14-10-9(13)7-3-2-4-16-11(7)10/h6-11H,2-5,13H2,1H3,(H,14,15). The maximum Gasteiger partial charge on any atom is 0.223 e. The van der Waals surface area contributed by atoms with Crippen molar-refractivity contribution in [3.05, 3.63) is 0 Å². The molecule has 1 aliphatic heterocycles. The zero-order chi connectivity index (χ0) is 11.3. The molecule has 1 heterocycles. The number of nitrogens with one attached hydrogen (secondary N) is 1. The van der Waals surface area contributed by atoms with Gasteiger partial charge < -0.3 is 15.8 Å². The summed E-state index contributed by atoms with van der Waals surface area (Å²) in [5.74, 6) is 1.44. The van der Waals surface area contributed by atoms with E-state index < -0.39 is 0 Å². The van der Waals surface area contributed by atoms with Gasteiger partial charge >= 0.3 is 0 Å². The van der Waals surface area contributed by atoms with Gasteiger partial charge in [-0.25, -0.2) is 0 Å². The van der Waals surface area contributed by atoms with Crippen LogP contribution in [0.3, 0.4) is 0 Å². The van der Waals surface area contributed by atoms with Gasteiger partial charge in [0, 0.05) is 24.5 Å². The van der Waals surface area contributed by atoms with Crippen molar-refractivity contribution in [3.8, 4) is 0 Å². The molecule has 0 aromatic heterocycles. The van der Waals surface area contributed by atoms with Crippen LogP contribution in [0.1, 0.15) is 26.2 Å². The van der Waals surface area contributed by atoms with Crippen LogP contribution in [0, 0.1) is 17.8 Å². The Morgan fingerprint density at radius 1 is 1.50 bits per heavy atom. The minimum atomic E-state index is 0.0607. The molecule has 90 valence electrons. The van der Waals surface area contributed by atoms with E-state index in [4.69, 9.17) is 10.5 Å². The lowest BCUT2D eigenvalue weighted by molar-refractivity contribution is -0.140. The molecule has 0 aromatic carbocycles. The third-order valence-corrected chi connectivity index (χ3v) is 4.43. The van der Waals surface area contributed by atoms with Crippen molar-refractivity contribution in [3.63, 3.8) is 0 Å². The number of ether oxygens (including phenoxy) is 1. The summed E-state index contributed by atoms with van der Waals surface area (Å²) in [7, 11) is 0. The molecule has 0 aromatic rings. The Labute approximate surface area is 95.9 Å². The largest absolute Gasteiger partial charge is 0.376 e. The summed E-state index contributed by atoms with van der Waals surface area (Å²) in [6.07, 6.45) is 3.47. The van der Waals surface area contributed by atoms with Crippen LogP contribution >= 0.6 is 0 Å². The van der Waals surface area contributed by atoms with Gasteiger partial charge in [-0.3, -0.25) is 4.79 Å². The lowest BCUT2D eigenvalue weighted by Crippen LogP contribution is -2.72. The molecule has 3 N–H and O–H groups in total. The average molecular weight is 224 g/mol. The van der Waals surface area contributed by atoms with Crippen LogP contribution in [0.5, 0.6) is 0 Å². The molecule has 0 bridgehead atoms. The van der Waals surface area contributed by atoms with E-state index in [0.29, 0.717) is 11.8 Å². The Balaban J connectivity index is 1.57. The molecule has 3 rings (SSSR count). The molecular weight excluding hydrogens is 204 g/mol. The fourth-order valence-corrected chi connectivity index (χ4v) is 3.08. The van der Waals surface area contributed by atoms with Gasteiger partial charge in [0.05, 0.1) is 12.1 Å². The zero-order valence-corrected chi connectivity index (χ0v) is 9.69. The first-order valence-electron chi connectivity index (χ1n) is 6.36. The van der Waals surface area contributed by atoms with Gasteiger partial charge in [-0.05, 0) is 25.2 Å². The monoisotopic (exact) mass is 224 g/mol. The Bertz CT molecular complexity index is 307. The summed E-state index contributed by atoms with van der Waals surface area (Å²) in [6, 6.07) is 0.161. The van der Waals surface area contributed by atoms with Crippen molar-refractivity contribution >= 4 is 5.91 Å². The van der Waals surface area contributed by atoms with Crippen LogP contribution in [-0.4, -0.2) is 30.7 Å². The maximum atomic E-state index is 11.8. The first kappa shape index (κ1) is 10.5. The van der Waals surface area contributed by atoms with Gasteiger partial charge in [-0.15, -0.1) is 0 Å². The molecule has 0 spiro atoms. The average Bonchev–Trinajstić information content (AvgIpc) is 3.02. The van der Waals surface area contributed by atoms with Crippen LogP contribution in [0.25, 0.3) is 0 Å². The van der Waals surface area contributed by atoms with E-state index in [1.54, 1.807) is 0 Å². The molecule has 2 saturated carbocycles. The van der Waals surface area contributed by atoms with E-state index in [1.165, 1.54) is 0 Å². The number of amides is 1. The molecule has 16 heavy (non-hydrogen) atoms. The van der Waals surface area contributed by atoms with Gasteiger partial charge in [0.15, 0.2) is 0 Å². The highest BCUT2D eigenvalue weighted by Crippen LogP contribution is 2.40. The summed E-state index contributed by atoms with van der Waals surface area (Å²) >= 11 is 0. The summed E-state index contributed by atoms with van der Waals surface area (Å²) in [5.41, 5.74) is 6.09. The molecule has 1 amide bonds. The number of rotatable bonds is 2. The molecule has 6 atom stereocenters. The van der Waals surface area contributed by atoms with Crippen LogP contribution < -0.4 is 11.1 Å². The first-order valence-corrected chi connectivity index (χ1v) is 6.36. The number of carbonyl (C=O) groups is 1. The molecule has 6 unspecified atom stereocenters. The fraction of sp³-hybridized carbons (Fsp3) is 0.917. The second-order valence-electron chi connectivity index (χ2n) is 5.57. The normalized spacial score (nSPS) is 50.1. The van der Waals surface area contributed by atoms with Crippen LogP contribution in [0.2, 0.25) is 0 Å². The molecule has 3 fully saturated rings. The van der Waals surface area contributed by atoms with Gasteiger partial charge in [0.1, 0.15) is 0 Å². The van der Waals surface area contributed by atoms with Gasteiger partial charge in [0.25, 0.3) is 0 Å². The van der Waals surface area contributed by atoms with E-state index in [0.717, 1.165) is 25.9 Å². The van der Waals surface area contributed by atoms with Gasteiger partial charge in [-0.2, -0.15) is 0 Å². The minimum absolute atomic E-state index is 0.0607. The predicted molar refractivity (Wildman–Crippen MR) is 59.6 cm³/mol. The van der Waals surface area contributed by atoms with Crippen molar-refractivity contribution in [2.45, 2.75) is 44.4 Å². The maximum absolute atomic E-state index is 11.8. The van der Waals surface area contributed by atoms with Crippen LogP contribution in [-0.2, 0) is 9.53 Å². The summed E-state index contributed by atoms with van der Waals surface area (Å²) in [5, 5.41) is 3.07. The van der Waals surface area contributed by atoms with E-state index in [9.17, 15) is 4.79 Å².